The molecule has 1 N–H and O–H groups in total. The monoisotopic (exact) mass is 390 g/mol. The van der Waals surface area contributed by atoms with Crippen LogP contribution in [0.5, 0.6) is 0 Å². The minimum atomic E-state index is -0.443. The van der Waals surface area contributed by atoms with Crippen molar-refractivity contribution in [2.45, 2.75) is 24.9 Å². The third-order valence-corrected chi connectivity index (χ3v) is 4.77. The minimum Gasteiger partial charge on any atom is -0.352 e. The van der Waals surface area contributed by atoms with Gasteiger partial charge in [0.15, 0.2) is 11.5 Å². The summed E-state index contributed by atoms with van der Waals surface area (Å²) in [6, 6.07) is 9.65. The van der Waals surface area contributed by atoms with Crippen LogP contribution in [0, 0.1) is 18.2 Å². The SMILES string of the molecule is C#CCCC1(CCNC(=O)c2cnn(-c3ccc(F)cc3)c2-n2cccc2)N=N1. The second-order valence-electron chi connectivity index (χ2n) is 6.75. The average molecular weight is 390 g/mol. The maximum atomic E-state index is 13.3. The summed E-state index contributed by atoms with van der Waals surface area (Å²) in [5.41, 5.74) is 0.618. The highest BCUT2D eigenvalue weighted by molar-refractivity contribution is 5.97. The lowest BCUT2D eigenvalue weighted by Gasteiger charge is -2.12. The predicted octanol–water partition coefficient (Wildman–Crippen LogP) is 3.50. The van der Waals surface area contributed by atoms with Gasteiger partial charge < -0.3 is 9.88 Å². The van der Waals surface area contributed by atoms with Crippen molar-refractivity contribution in [3.05, 3.63) is 66.4 Å². The van der Waals surface area contributed by atoms with Crippen LogP contribution in [0.3, 0.4) is 0 Å². The van der Waals surface area contributed by atoms with Gasteiger partial charge in [-0.2, -0.15) is 15.3 Å². The standard InChI is InChI=1S/C21H19FN6O/c1-2-3-10-21(25-26-21)11-12-23-19(29)18-15-24-28(17-8-6-16(22)7-9-17)20(18)27-13-4-5-14-27/h1,4-9,13-15H,3,10-12H2,(H,23,29). The summed E-state index contributed by atoms with van der Waals surface area (Å²) in [5, 5.41) is 15.4. The topological polar surface area (TPSA) is 76.6 Å². The number of nitrogens with one attached hydrogen (secondary N) is 1. The summed E-state index contributed by atoms with van der Waals surface area (Å²) >= 11 is 0. The van der Waals surface area contributed by atoms with E-state index in [2.05, 4.69) is 26.6 Å². The molecule has 1 aliphatic heterocycles. The maximum Gasteiger partial charge on any atom is 0.256 e. The first-order valence-corrected chi connectivity index (χ1v) is 9.25. The van der Waals surface area contributed by atoms with Crippen molar-refractivity contribution in [2.24, 2.45) is 10.2 Å². The molecule has 0 saturated carbocycles. The number of halogens is 1. The molecule has 1 amide bonds. The fourth-order valence-corrected chi connectivity index (χ4v) is 3.14. The number of benzene rings is 1. The number of aromatic nitrogens is 3. The Hall–Kier alpha value is -3.73. The zero-order valence-electron chi connectivity index (χ0n) is 15.6. The molecule has 146 valence electrons. The number of terminal acetylenes is 1. The average Bonchev–Trinajstić information content (AvgIpc) is 3.11. The molecule has 0 atom stereocenters. The van der Waals surface area contributed by atoms with E-state index in [0.717, 1.165) is 0 Å². The molecule has 0 aliphatic carbocycles. The van der Waals surface area contributed by atoms with Gasteiger partial charge in [0.1, 0.15) is 11.4 Å². The Balaban J connectivity index is 1.53. The number of nitrogens with zero attached hydrogens (tertiary/aromatic N) is 5. The summed E-state index contributed by atoms with van der Waals surface area (Å²) in [5.74, 6) is 2.57. The van der Waals surface area contributed by atoms with E-state index in [0.29, 0.717) is 42.9 Å². The predicted molar refractivity (Wildman–Crippen MR) is 105 cm³/mol. The highest BCUT2D eigenvalue weighted by Crippen LogP contribution is 2.36. The molecule has 8 heteroatoms. The molecule has 0 saturated heterocycles. The molecule has 3 aromatic rings. The Morgan fingerprint density at radius 2 is 1.90 bits per heavy atom. The molecule has 1 aromatic carbocycles. The molecule has 1 aliphatic rings. The first kappa shape index (κ1) is 18.6. The van der Waals surface area contributed by atoms with Gasteiger partial charge in [-0.05, 0) is 36.4 Å². The summed E-state index contributed by atoms with van der Waals surface area (Å²) in [4.78, 5) is 12.8. The molecule has 2 aromatic heterocycles. The van der Waals surface area contributed by atoms with E-state index >= 15 is 0 Å². The van der Waals surface area contributed by atoms with Crippen LogP contribution in [0.25, 0.3) is 11.5 Å². The van der Waals surface area contributed by atoms with Gasteiger partial charge in [-0.15, -0.1) is 12.3 Å². The van der Waals surface area contributed by atoms with Gasteiger partial charge in [-0.1, -0.05) is 0 Å². The number of carbonyl (C=O) groups excluding carboxylic acids is 1. The van der Waals surface area contributed by atoms with Gasteiger partial charge in [0.25, 0.3) is 5.91 Å². The van der Waals surface area contributed by atoms with Crippen LogP contribution in [0.1, 0.15) is 29.6 Å². The van der Waals surface area contributed by atoms with Gasteiger partial charge in [0.05, 0.1) is 11.9 Å². The fourth-order valence-electron chi connectivity index (χ4n) is 3.14. The van der Waals surface area contributed by atoms with Crippen LogP contribution in [-0.2, 0) is 0 Å². The van der Waals surface area contributed by atoms with E-state index in [1.165, 1.54) is 18.3 Å². The van der Waals surface area contributed by atoms with Crippen LogP contribution in [-0.4, -0.2) is 32.5 Å². The number of hydrogen-bond donors (Lipinski definition) is 1. The van der Waals surface area contributed by atoms with Crippen LogP contribution in [0.4, 0.5) is 4.39 Å². The molecule has 4 rings (SSSR count). The van der Waals surface area contributed by atoms with E-state index in [4.69, 9.17) is 6.42 Å². The summed E-state index contributed by atoms with van der Waals surface area (Å²) in [6.45, 7) is 0.420. The molecular weight excluding hydrogens is 371 g/mol. The lowest BCUT2D eigenvalue weighted by atomic mass is 10.0. The minimum absolute atomic E-state index is 0.255. The van der Waals surface area contributed by atoms with Crippen LogP contribution >= 0.6 is 0 Å². The highest BCUT2D eigenvalue weighted by Gasteiger charge is 2.38. The van der Waals surface area contributed by atoms with E-state index in [1.54, 1.807) is 21.4 Å². The van der Waals surface area contributed by atoms with Crippen molar-refractivity contribution < 1.29 is 9.18 Å². The smallest absolute Gasteiger partial charge is 0.256 e. The van der Waals surface area contributed by atoms with Gasteiger partial charge in [-0.3, -0.25) is 4.79 Å². The van der Waals surface area contributed by atoms with Crippen molar-refractivity contribution in [1.82, 2.24) is 19.7 Å². The first-order chi connectivity index (χ1) is 14.1. The van der Waals surface area contributed by atoms with Crippen molar-refractivity contribution in [1.29, 1.82) is 0 Å². The van der Waals surface area contributed by atoms with Gasteiger partial charge in [-0.25, -0.2) is 9.07 Å². The molecular formula is C21H19FN6O. The normalized spacial score (nSPS) is 13.8. The molecule has 0 spiro atoms. The third-order valence-electron chi connectivity index (χ3n) is 4.77. The second-order valence-corrected chi connectivity index (χ2v) is 6.75. The molecule has 3 heterocycles. The van der Waals surface area contributed by atoms with E-state index in [9.17, 15) is 9.18 Å². The Kier molecular flexibility index (Phi) is 4.96. The fraction of sp³-hybridized carbons (Fsp3) is 0.238. The number of hydrogen-bond acceptors (Lipinski definition) is 4. The summed E-state index contributed by atoms with van der Waals surface area (Å²) in [6.07, 6.45) is 12.4. The Morgan fingerprint density at radius 3 is 2.55 bits per heavy atom. The first-order valence-electron chi connectivity index (χ1n) is 9.25. The zero-order chi connectivity index (χ0) is 20.3. The molecule has 0 bridgehead atoms. The quantitative estimate of drug-likeness (QED) is 0.598. The number of carbonyl (C=O) groups is 1. The van der Waals surface area contributed by atoms with E-state index < -0.39 is 5.66 Å². The van der Waals surface area contributed by atoms with E-state index in [-0.39, 0.29) is 11.7 Å². The van der Waals surface area contributed by atoms with Crippen LogP contribution in [0.2, 0.25) is 0 Å². The van der Waals surface area contributed by atoms with Crippen molar-refractivity contribution in [2.75, 3.05) is 6.54 Å². The van der Waals surface area contributed by atoms with E-state index in [1.807, 2.05) is 24.5 Å². The van der Waals surface area contributed by atoms with Crippen LogP contribution < -0.4 is 5.32 Å². The molecule has 0 unspecified atom stereocenters. The largest absolute Gasteiger partial charge is 0.352 e. The lowest BCUT2D eigenvalue weighted by Crippen LogP contribution is -2.29. The third kappa shape index (κ3) is 3.94. The molecule has 0 radical (unpaired) electrons. The number of rotatable bonds is 8. The van der Waals surface area contributed by atoms with Gasteiger partial charge >= 0.3 is 0 Å². The van der Waals surface area contributed by atoms with Gasteiger partial charge in [0.2, 0.25) is 0 Å². The Bertz CT molecular complexity index is 1070. The zero-order valence-corrected chi connectivity index (χ0v) is 15.6. The maximum absolute atomic E-state index is 13.3. The second kappa shape index (κ2) is 7.72. The summed E-state index contributed by atoms with van der Waals surface area (Å²) < 4.78 is 16.7. The van der Waals surface area contributed by atoms with Crippen LogP contribution in [0.15, 0.2) is 65.2 Å². The number of amides is 1. The van der Waals surface area contributed by atoms with Crippen molar-refractivity contribution in [3.63, 3.8) is 0 Å². The highest BCUT2D eigenvalue weighted by atomic mass is 19.1. The lowest BCUT2D eigenvalue weighted by molar-refractivity contribution is 0.0952. The van der Waals surface area contributed by atoms with Gasteiger partial charge in [0, 0.05) is 38.2 Å². The molecule has 7 nitrogen and oxygen atoms in total. The Labute approximate surface area is 167 Å². The molecule has 0 fully saturated rings. The van der Waals surface area contributed by atoms with Crippen molar-refractivity contribution in [3.8, 4) is 23.8 Å². The Morgan fingerprint density at radius 1 is 1.17 bits per heavy atom. The molecule has 29 heavy (non-hydrogen) atoms. The summed E-state index contributed by atoms with van der Waals surface area (Å²) in [7, 11) is 0. The van der Waals surface area contributed by atoms with Crippen molar-refractivity contribution >= 4 is 5.91 Å².